The zero-order chi connectivity index (χ0) is 14.7. The van der Waals surface area contributed by atoms with Gasteiger partial charge in [0, 0.05) is 11.6 Å². The molecule has 1 unspecified atom stereocenters. The van der Waals surface area contributed by atoms with E-state index in [1.807, 2.05) is 6.92 Å². The summed E-state index contributed by atoms with van der Waals surface area (Å²) in [6, 6.07) is 8.90. The van der Waals surface area contributed by atoms with Crippen molar-refractivity contribution in [3.05, 3.63) is 59.2 Å². The molecule has 0 fully saturated rings. The van der Waals surface area contributed by atoms with Gasteiger partial charge in [0.2, 0.25) is 0 Å². The Labute approximate surface area is 117 Å². The summed E-state index contributed by atoms with van der Waals surface area (Å²) < 4.78 is 32.8. The van der Waals surface area contributed by atoms with Gasteiger partial charge in [-0.25, -0.2) is 8.78 Å². The van der Waals surface area contributed by atoms with Crippen LogP contribution in [0, 0.1) is 18.6 Å². The molecule has 0 aliphatic carbocycles. The second-order valence-corrected chi connectivity index (χ2v) is 4.68. The summed E-state index contributed by atoms with van der Waals surface area (Å²) in [7, 11) is 1.79. The van der Waals surface area contributed by atoms with E-state index in [2.05, 4.69) is 5.32 Å². The fourth-order valence-electron chi connectivity index (χ4n) is 1.97. The molecule has 4 heteroatoms. The van der Waals surface area contributed by atoms with Crippen molar-refractivity contribution in [2.24, 2.45) is 0 Å². The normalized spacial score (nSPS) is 12.2. The molecule has 0 spiro atoms. The van der Waals surface area contributed by atoms with Crippen LogP contribution in [-0.4, -0.2) is 7.05 Å². The van der Waals surface area contributed by atoms with Gasteiger partial charge in [0.15, 0.2) is 11.6 Å². The molecule has 0 bridgehead atoms. The molecule has 2 aromatic carbocycles. The number of ether oxygens (including phenoxy) is 1. The van der Waals surface area contributed by atoms with Crippen molar-refractivity contribution < 1.29 is 13.5 Å². The molecule has 0 saturated heterocycles. The van der Waals surface area contributed by atoms with E-state index in [0.29, 0.717) is 11.3 Å². The van der Waals surface area contributed by atoms with Gasteiger partial charge in [0.05, 0.1) is 0 Å². The van der Waals surface area contributed by atoms with E-state index in [1.54, 1.807) is 26.1 Å². The first-order valence-electron chi connectivity index (χ1n) is 6.42. The first-order chi connectivity index (χ1) is 9.52. The highest BCUT2D eigenvalue weighted by Gasteiger charge is 2.16. The summed E-state index contributed by atoms with van der Waals surface area (Å²) in [4.78, 5) is 0. The van der Waals surface area contributed by atoms with Crippen LogP contribution in [0.15, 0.2) is 36.4 Å². The summed E-state index contributed by atoms with van der Waals surface area (Å²) in [5.41, 5.74) is 1.34. The second kappa shape index (κ2) is 6.01. The van der Waals surface area contributed by atoms with Crippen LogP contribution in [0.1, 0.15) is 24.1 Å². The highest BCUT2D eigenvalue weighted by atomic mass is 19.1. The zero-order valence-electron chi connectivity index (χ0n) is 11.7. The third kappa shape index (κ3) is 2.96. The first kappa shape index (κ1) is 14.5. The molecule has 1 N–H and O–H groups in total. The molecule has 0 radical (unpaired) electrons. The molecule has 2 nitrogen and oxygen atoms in total. The molecular weight excluding hydrogens is 260 g/mol. The van der Waals surface area contributed by atoms with Crippen LogP contribution in [0.5, 0.6) is 11.5 Å². The molecule has 0 aromatic heterocycles. The maximum Gasteiger partial charge on any atom is 0.167 e. The smallest absolute Gasteiger partial charge is 0.167 e. The summed E-state index contributed by atoms with van der Waals surface area (Å²) in [6.45, 7) is 3.64. The summed E-state index contributed by atoms with van der Waals surface area (Å²) in [6.07, 6.45) is 0. The average molecular weight is 277 g/mol. The summed E-state index contributed by atoms with van der Waals surface area (Å²) in [5.74, 6) is -0.161. The molecule has 0 saturated carbocycles. The number of nitrogens with one attached hydrogen (secondary N) is 1. The zero-order valence-corrected chi connectivity index (χ0v) is 11.7. The summed E-state index contributed by atoms with van der Waals surface area (Å²) in [5, 5.41) is 3.05. The minimum absolute atomic E-state index is 0.0542. The van der Waals surface area contributed by atoms with E-state index in [1.165, 1.54) is 24.3 Å². The van der Waals surface area contributed by atoms with Gasteiger partial charge >= 0.3 is 0 Å². The quantitative estimate of drug-likeness (QED) is 0.897. The monoisotopic (exact) mass is 277 g/mol. The Bertz CT molecular complexity index is 613. The number of hydrogen-bond donors (Lipinski definition) is 1. The maximum absolute atomic E-state index is 14.0. The Hall–Kier alpha value is -1.94. The van der Waals surface area contributed by atoms with Crippen LogP contribution in [0.3, 0.4) is 0 Å². The lowest BCUT2D eigenvalue weighted by molar-refractivity contribution is 0.425. The molecule has 106 valence electrons. The van der Waals surface area contributed by atoms with Gasteiger partial charge in [-0.05, 0) is 50.7 Å². The largest absolute Gasteiger partial charge is 0.454 e. The number of hydrogen-bond acceptors (Lipinski definition) is 2. The average Bonchev–Trinajstić information content (AvgIpc) is 2.42. The fourth-order valence-corrected chi connectivity index (χ4v) is 1.97. The molecule has 0 aliphatic rings. The highest BCUT2D eigenvalue weighted by Crippen LogP contribution is 2.33. The molecule has 1 atom stereocenters. The van der Waals surface area contributed by atoms with Crippen LogP contribution < -0.4 is 10.1 Å². The van der Waals surface area contributed by atoms with E-state index in [-0.39, 0.29) is 17.6 Å². The van der Waals surface area contributed by atoms with Gasteiger partial charge in [-0.15, -0.1) is 0 Å². The number of halogens is 2. The summed E-state index contributed by atoms with van der Waals surface area (Å²) >= 11 is 0. The van der Waals surface area contributed by atoms with E-state index in [9.17, 15) is 8.78 Å². The van der Waals surface area contributed by atoms with Crippen molar-refractivity contribution in [1.82, 2.24) is 5.32 Å². The topological polar surface area (TPSA) is 21.3 Å². The van der Waals surface area contributed by atoms with Crippen molar-refractivity contribution in [3.8, 4) is 11.5 Å². The number of para-hydroxylation sites is 1. The number of rotatable bonds is 4. The van der Waals surface area contributed by atoms with Gasteiger partial charge in [0.25, 0.3) is 0 Å². The van der Waals surface area contributed by atoms with Gasteiger partial charge < -0.3 is 10.1 Å². The fraction of sp³-hybridized carbons (Fsp3) is 0.250. The Kier molecular flexibility index (Phi) is 4.35. The maximum atomic E-state index is 14.0. The minimum atomic E-state index is -0.437. The van der Waals surface area contributed by atoms with E-state index in [0.717, 1.165) is 5.56 Å². The Morgan fingerprint density at radius 2 is 1.90 bits per heavy atom. The number of benzene rings is 2. The number of aryl methyl sites for hydroxylation is 1. The predicted molar refractivity (Wildman–Crippen MR) is 75.1 cm³/mol. The van der Waals surface area contributed by atoms with Crippen LogP contribution in [0.25, 0.3) is 0 Å². The van der Waals surface area contributed by atoms with Crippen LogP contribution in [0.4, 0.5) is 8.78 Å². The van der Waals surface area contributed by atoms with Crippen LogP contribution in [0.2, 0.25) is 0 Å². The van der Waals surface area contributed by atoms with Crippen LogP contribution >= 0.6 is 0 Å². The lowest BCUT2D eigenvalue weighted by Gasteiger charge is -2.17. The third-order valence-electron chi connectivity index (χ3n) is 3.25. The second-order valence-electron chi connectivity index (χ2n) is 4.68. The van der Waals surface area contributed by atoms with Crippen molar-refractivity contribution in [2.45, 2.75) is 19.9 Å². The third-order valence-corrected chi connectivity index (χ3v) is 3.25. The SMILES string of the molecule is CNC(C)c1cccc(F)c1Oc1ccc(F)cc1C. The Morgan fingerprint density at radius 3 is 2.55 bits per heavy atom. The Balaban J connectivity index is 2.42. The van der Waals surface area contributed by atoms with E-state index in [4.69, 9.17) is 4.74 Å². The van der Waals surface area contributed by atoms with Gasteiger partial charge in [-0.3, -0.25) is 0 Å². The molecule has 0 aliphatic heterocycles. The van der Waals surface area contributed by atoms with Crippen molar-refractivity contribution >= 4 is 0 Å². The predicted octanol–water partition coefficient (Wildman–Crippen LogP) is 4.35. The standard InChI is InChI=1S/C16H17F2NO/c1-10-9-12(17)7-8-15(10)20-16-13(11(2)19-3)5-4-6-14(16)18/h4-9,11,19H,1-3H3. The Morgan fingerprint density at radius 1 is 1.15 bits per heavy atom. The molecule has 20 heavy (non-hydrogen) atoms. The van der Waals surface area contributed by atoms with Gasteiger partial charge in [-0.1, -0.05) is 12.1 Å². The van der Waals surface area contributed by atoms with Gasteiger partial charge in [-0.2, -0.15) is 0 Å². The highest BCUT2D eigenvalue weighted by molar-refractivity contribution is 5.43. The minimum Gasteiger partial charge on any atom is -0.454 e. The van der Waals surface area contributed by atoms with Crippen LogP contribution in [-0.2, 0) is 0 Å². The molecule has 0 heterocycles. The van der Waals surface area contributed by atoms with Crippen molar-refractivity contribution in [1.29, 1.82) is 0 Å². The molecular formula is C16H17F2NO. The lowest BCUT2D eigenvalue weighted by atomic mass is 10.1. The van der Waals surface area contributed by atoms with E-state index < -0.39 is 5.82 Å². The van der Waals surface area contributed by atoms with Crippen molar-refractivity contribution in [3.63, 3.8) is 0 Å². The molecule has 2 aromatic rings. The molecule has 2 rings (SSSR count). The molecule has 0 amide bonds. The van der Waals surface area contributed by atoms with Crippen molar-refractivity contribution in [2.75, 3.05) is 7.05 Å². The van der Waals surface area contributed by atoms with Gasteiger partial charge in [0.1, 0.15) is 11.6 Å². The van der Waals surface area contributed by atoms with E-state index >= 15 is 0 Å². The lowest BCUT2D eigenvalue weighted by Crippen LogP contribution is -2.13. The first-order valence-corrected chi connectivity index (χ1v) is 6.42.